The lowest BCUT2D eigenvalue weighted by Gasteiger charge is -2.43. The molecule has 0 bridgehead atoms. The maximum Gasteiger partial charge on any atom is 0.358 e. The number of likely N-dealkylation sites (tertiary alicyclic amines) is 1. The van der Waals surface area contributed by atoms with Gasteiger partial charge in [0.2, 0.25) is 0 Å². The van der Waals surface area contributed by atoms with Gasteiger partial charge in [-0.3, -0.25) is 4.90 Å². The number of carbonyl (C=O) groups is 1. The SMILES string of the molecule is CCCCCCC(C)N1CC(n2cc(C(=O)O)nn2)C1. The lowest BCUT2D eigenvalue weighted by atomic mass is 10.0. The molecule has 6 heteroatoms. The Morgan fingerprint density at radius 2 is 2.20 bits per heavy atom. The second kappa shape index (κ2) is 6.83. The van der Waals surface area contributed by atoms with Gasteiger partial charge in [-0.2, -0.15) is 0 Å². The van der Waals surface area contributed by atoms with Gasteiger partial charge in [-0.05, 0) is 13.3 Å². The quantitative estimate of drug-likeness (QED) is 0.739. The van der Waals surface area contributed by atoms with Gasteiger partial charge in [0.15, 0.2) is 5.69 Å². The largest absolute Gasteiger partial charge is 0.476 e. The molecule has 1 N–H and O–H groups in total. The highest BCUT2D eigenvalue weighted by molar-refractivity contribution is 5.84. The summed E-state index contributed by atoms with van der Waals surface area (Å²) < 4.78 is 1.68. The summed E-state index contributed by atoms with van der Waals surface area (Å²) in [6.07, 6.45) is 7.98. The smallest absolute Gasteiger partial charge is 0.358 e. The van der Waals surface area contributed by atoms with E-state index >= 15 is 0 Å². The zero-order chi connectivity index (χ0) is 14.5. The third-order valence-electron chi connectivity index (χ3n) is 4.09. The van der Waals surface area contributed by atoms with E-state index in [-0.39, 0.29) is 11.7 Å². The molecule has 1 aromatic rings. The van der Waals surface area contributed by atoms with Gasteiger partial charge in [0, 0.05) is 19.1 Å². The van der Waals surface area contributed by atoms with Gasteiger partial charge in [0.1, 0.15) is 0 Å². The Labute approximate surface area is 119 Å². The van der Waals surface area contributed by atoms with Crippen molar-refractivity contribution in [1.29, 1.82) is 0 Å². The van der Waals surface area contributed by atoms with Crippen molar-refractivity contribution in [2.45, 2.75) is 58.0 Å². The molecule has 0 aliphatic carbocycles. The van der Waals surface area contributed by atoms with E-state index in [1.54, 1.807) is 4.68 Å². The molecule has 0 radical (unpaired) electrons. The lowest BCUT2D eigenvalue weighted by molar-refractivity contribution is 0.0543. The Morgan fingerprint density at radius 3 is 2.80 bits per heavy atom. The standard InChI is InChI=1S/C14H24N4O2/c1-3-4-5-6-7-11(2)17-8-12(9-17)18-10-13(14(19)20)15-16-18/h10-12H,3-9H2,1-2H3,(H,19,20). The number of hydrogen-bond acceptors (Lipinski definition) is 4. The van der Waals surface area contributed by atoms with Crippen molar-refractivity contribution >= 4 is 5.97 Å². The fourth-order valence-corrected chi connectivity index (χ4v) is 2.62. The molecule has 1 unspecified atom stereocenters. The Bertz CT molecular complexity index is 440. The number of carboxylic acid groups (broad SMARTS) is 1. The molecule has 1 aliphatic rings. The summed E-state index contributed by atoms with van der Waals surface area (Å²) in [6.45, 7) is 6.38. The topological polar surface area (TPSA) is 71.2 Å². The number of aromatic carboxylic acids is 1. The van der Waals surface area contributed by atoms with E-state index in [0.717, 1.165) is 13.1 Å². The van der Waals surface area contributed by atoms with E-state index in [4.69, 9.17) is 5.11 Å². The number of carboxylic acids is 1. The first-order chi connectivity index (χ1) is 9.61. The minimum absolute atomic E-state index is 0.0241. The fourth-order valence-electron chi connectivity index (χ4n) is 2.62. The molecule has 0 saturated carbocycles. The van der Waals surface area contributed by atoms with E-state index in [9.17, 15) is 4.79 Å². The summed E-state index contributed by atoms with van der Waals surface area (Å²) >= 11 is 0. The average molecular weight is 280 g/mol. The minimum atomic E-state index is -1.02. The highest BCUT2D eigenvalue weighted by Gasteiger charge is 2.32. The number of nitrogens with zero attached hydrogens (tertiary/aromatic N) is 4. The molecule has 1 aliphatic heterocycles. The van der Waals surface area contributed by atoms with E-state index in [1.165, 1.54) is 38.3 Å². The van der Waals surface area contributed by atoms with Gasteiger partial charge >= 0.3 is 5.97 Å². The molecular formula is C14H24N4O2. The van der Waals surface area contributed by atoms with Crippen LogP contribution < -0.4 is 0 Å². The van der Waals surface area contributed by atoms with Crippen LogP contribution in [0.1, 0.15) is 62.5 Å². The highest BCUT2D eigenvalue weighted by atomic mass is 16.4. The first-order valence-corrected chi connectivity index (χ1v) is 7.51. The first-order valence-electron chi connectivity index (χ1n) is 7.51. The lowest BCUT2D eigenvalue weighted by Crippen LogP contribution is -2.51. The van der Waals surface area contributed by atoms with Crippen molar-refractivity contribution in [1.82, 2.24) is 19.9 Å². The molecule has 0 spiro atoms. The molecule has 1 aromatic heterocycles. The molecule has 1 saturated heterocycles. The predicted molar refractivity (Wildman–Crippen MR) is 75.8 cm³/mol. The van der Waals surface area contributed by atoms with Gasteiger partial charge in [-0.25, -0.2) is 9.48 Å². The maximum atomic E-state index is 10.8. The fraction of sp³-hybridized carbons (Fsp3) is 0.786. The number of rotatable bonds is 8. The van der Waals surface area contributed by atoms with Crippen molar-refractivity contribution in [2.75, 3.05) is 13.1 Å². The summed E-state index contributed by atoms with van der Waals surface area (Å²) in [5, 5.41) is 16.4. The van der Waals surface area contributed by atoms with Crippen molar-refractivity contribution < 1.29 is 9.90 Å². The minimum Gasteiger partial charge on any atom is -0.476 e. The number of aromatic nitrogens is 3. The molecule has 1 fully saturated rings. The van der Waals surface area contributed by atoms with Crippen LogP contribution >= 0.6 is 0 Å². The van der Waals surface area contributed by atoms with Gasteiger partial charge in [-0.15, -0.1) is 5.10 Å². The second-order valence-corrected chi connectivity index (χ2v) is 5.70. The van der Waals surface area contributed by atoms with Gasteiger partial charge in [-0.1, -0.05) is 37.8 Å². The molecule has 20 heavy (non-hydrogen) atoms. The van der Waals surface area contributed by atoms with Crippen LogP contribution in [-0.4, -0.2) is 50.1 Å². The molecular weight excluding hydrogens is 256 g/mol. The summed E-state index contributed by atoms with van der Waals surface area (Å²) in [7, 11) is 0. The first kappa shape index (κ1) is 15.0. The third kappa shape index (κ3) is 3.56. The molecule has 0 aromatic carbocycles. The summed E-state index contributed by atoms with van der Waals surface area (Å²) in [5.74, 6) is -1.02. The van der Waals surface area contributed by atoms with Crippen molar-refractivity contribution in [3.05, 3.63) is 11.9 Å². The van der Waals surface area contributed by atoms with Gasteiger partial charge in [0.05, 0.1) is 12.2 Å². The molecule has 6 nitrogen and oxygen atoms in total. The maximum absolute atomic E-state index is 10.8. The average Bonchev–Trinajstić information content (AvgIpc) is 2.82. The van der Waals surface area contributed by atoms with Crippen LogP contribution in [0.25, 0.3) is 0 Å². The van der Waals surface area contributed by atoms with Crippen LogP contribution in [0.3, 0.4) is 0 Å². The van der Waals surface area contributed by atoms with Crippen molar-refractivity contribution in [2.24, 2.45) is 0 Å². The Kier molecular flexibility index (Phi) is 5.11. The van der Waals surface area contributed by atoms with E-state index in [0.29, 0.717) is 6.04 Å². The van der Waals surface area contributed by atoms with Crippen LogP contribution in [0.4, 0.5) is 0 Å². The normalized spacial score (nSPS) is 17.9. The van der Waals surface area contributed by atoms with Crippen LogP contribution in [0, 0.1) is 0 Å². The van der Waals surface area contributed by atoms with Crippen molar-refractivity contribution in [3.63, 3.8) is 0 Å². The zero-order valence-corrected chi connectivity index (χ0v) is 12.3. The molecule has 2 rings (SSSR count). The number of unbranched alkanes of at least 4 members (excludes halogenated alkanes) is 3. The summed E-state index contributed by atoms with van der Waals surface area (Å²) in [6, 6.07) is 0.874. The zero-order valence-electron chi connectivity index (χ0n) is 12.3. The Morgan fingerprint density at radius 1 is 1.45 bits per heavy atom. The predicted octanol–water partition coefficient (Wildman–Crippen LogP) is 2.19. The molecule has 0 amide bonds. The third-order valence-corrected chi connectivity index (χ3v) is 4.09. The summed E-state index contributed by atoms with van der Waals surface area (Å²) in [5.41, 5.74) is 0.0241. The monoisotopic (exact) mass is 280 g/mol. The van der Waals surface area contributed by atoms with Crippen LogP contribution in [0.15, 0.2) is 6.20 Å². The Hall–Kier alpha value is -1.43. The van der Waals surface area contributed by atoms with Crippen LogP contribution in [0.5, 0.6) is 0 Å². The second-order valence-electron chi connectivity index (χ2n) is 5.70. The summed E-state index contributed by atoms with van der Waals surface area (Å²) in [4.78, 5) is 13.2. The van der Waals surface area contributed by atoms with E-state index in [2.05, 4.69) is 29.1 Å². The van der Waals surface area contributed by atoms with Crippen LogP contribution in [0.2, 0.25) is 0 Å². The van der Waals surface area contributed by atoms with Gasteiger partial charge < -0.3 is 5.11 Å². The molecule has 2 heterocycles. The highest BCUT2D eigenvalue weighted by Crippen LogP contribution is 2.24. The van der Waals surface area contributed by atoms with Crippen molar-refractivity contribution in [3.8, 4) is 0 Å². The number of hydrogen-bond donors (Lipinski definition) is 1. The van der Waals surface area contributed by atoms with Crippen LogP contribution in [-0.2, 0) is 0 Å². The van der Waals surface area contributed by atoms with Gasteiger partial charge in [0.25, 0.3) is 0 Å². The Balaban J connectivity index is 1.71. The molecule has 1 atom stereocenters. The van der Waals surface area contributed by atoms with E-state index < -0.39 is 5.97 Å². The van der Waals surface area contributed by atoms with E-state index in [1.807, 2.05) is 0 Å². The molecule has 112 valence electrons.